The number of carbonyl (C=O) groups excluding carboxylic acids is 1. The first-order valence-corrected chi connectivity index (χ1v) is 8.42. The van der Waals surface area contributed by atoms with Crippen molar-refractivity contribution >= 4 is 23.4 Å². The number of carbonyl (C=O) groups is 1. The summed E-state index contributed by atoms with van der Waals surface area (Å²) in [4.78, 5) is 12.5. The van der Waals surface area contributed by atoms with Gasteiger partial charge in [-0.3, -0.25) is 10.1 Å². The first-order valence-electron chi connectivity index (χ1n) is 8.04. The fourth-order valence-electron chi connectivity index (χ4n) is 2.62. The molecular formula is C19H15ClN2O4. The molecule has 1 aromatic heterocycles. The van der Waals surface area contributed by atoms with E-state index in [0.29, 0.717) is 41.0 Å². The van der Waals surface area contributed by atoms with Crippen LogP contribution in [-0.2, 0) is 0 Å². The van der Waals surface area contributed by atoms with E-state index < -0.39 is 0 Å². The molecule has 1 aliphatic rings. The summed E-state index contributed by atoms with van der Waals surface area (Å²) < 4.78 is 16.2. The number of benzene rings is 2. The zero-order chi connectivity index (χ0) is 18.1. The van der Waals surface area contributed by atoms with E-state index in [1.54, 1.807) is 12.1 Å². The monoisotopic (exact) mass is 370 g/mol. The Balaban J connectivity index is 1.54. The number of nitrogens with one attached hydrogen (secondary N) is 1. The third-order valence-electron chi connectivity index (χ3n) is 3.95. The van der Waals surface area contributed by atoms with Gasteiger partial charge in [0.15, 0.2) is 11.5 Å². The number of hydrogen-bond donors (Lipinski definition) is 1. The molecule has 2 aromatic carbocycles. The SMILES string of the molecule is Cc1ccc(-c2cc(NC(=O)c3cc(Cl)c4c(c3)OCCO4)on2)cc1. The molecule has 3 aromatic rings. The summed E-state index contributed by atoms with van der Waals surface area (Å²) in [6, 6.07) is 12.6. The predicted octanol–water partition coefficient (Wildman–Crippen LogP) is 4.33. The number of hydrogen-bond acceptors (Lipinski definition) is 5. The van der Waals surface area contributed by atoms with Crippen LogP contribution in [0, 0.1) is 6.92 Å². The van der Waals surface area contributed by atoms with Crippen LogP contribution in [0.15, 0.2) is 47.0 Å². The average Bonchev–Trinajstić information content (AvgIpc) is 3.10. The van der Waals surface area contributed by atoms with Crippen LogP contribution in [0.4, 0.5) is 5.88 Å². The molecule has 7 heteroatoms. The minimum absolute atomic E-state index is 0.247. The smallest absolute Gasteiger partial charge is 0.258 e. The van der Waals surface area contributed by atoms with Crippen LogP contribution >= 0.6 is 11.6 Å². The van der Waals surface area contributed by atoms with Gasteiger partial charge in [0.2, 0.25) is 5.88 Å². The maximum absolute atomic E-state index is 12.5. The number of halogens is 1. The van der Waals surface area contributed by atoms with Crippen LogP contribution in [0.2, 0.25) is 5.02 Å². The Bertz CT molecular complexity index is 966. The molecule has 26 heavy (non-hydrogen) atoms. The highest BCUT2D eigenvalue weighted by Crippen LogP contribution is 2.38. The van der Waals surface area contributed by atoms with Crippen molar-refractivity contribution in [3.05, 3.63) is 58.6 Å². The molecule has 0 saturated carbocycles. The molecule has 0 aliphatic carbocycles. The van der Waals surface area contributed by atoms with Crippen molar-refractivity contribution in [3.63, 3.8) is 0 Å². The van der Waals surface area contributed by atoms with Crippen molar-refractivity contribution in [1.82, 2.24) is 5.16 Å². The minimum Gasteiger partial charge on any atom is -0.486 e. The van der Waals surface area contributed by atoms with Gasteiger partial charge in [0.05, 0.1) is 5.02 Å². The highest BCUT2D eigenvalue weighted by molar-refractivity contribution is 6.32. The number of rotatable bonds is 3. The lowest BCUT2D eigenvalue weighted by molar-refractivity contribution is 0.102. The Morgan fingerprint density at radius 2 is 1.88 bits per heavy atom. The zero-order valence-electron chi connectivity index (χ0n) is 13.9. The molecule has 0 radical (unpaired) electrons. The number of amides is 1. The number of nitrogens with zero attached hydrogens (tertiary/aromatic N) is 1. The maximum atomic E-state index is 12.5. The van der Waals surface area contributed by atoms with Crippen LogP contribution in [0.25, 0.3) is 11.3 Å². The van der Waals surface area contributed by atoms with Gasteiger partial charge in [0.1, 0.15) is 18.9 Å². The molecule has 1 N–H and O–H groups in total. The molecule has 2 heterocycles. The van der Waals surface area contributed by atoms with E-state index >= 15 is 0 Å². The number of aryl methyl sites for hydroxylation is 1. The second-order valence-corrected chi connectivity index (χ2v) is 6.29. The molecule has 0 unspecified atom stereocenters. The topological polar surface area (TPSA) is 73.6 Å². The molecule has 1 aliphatic heterocycles. The Kier molecular flexibility index (Phi) is 4.26. The first kappa shape index (κ1) is 16.5. The van der Waals surface area contributed by atoms with Crippen LogP contribution < -0.4 is 14.8 Å². The van der Waals surface area contributed by atoms with Crippen molar-refractivity contribution in [2.45, 2.75) is 6.92 Å². The first-order chi connectivity index (χ1) is 12.6. The van der Waals surface area contributed by atoms with E-state index in [2.05, 4.69) is 10.5 Å². The van der Waals surface area contributed by atoms with Gasteiger partial charge in [-0.15, -0.1) is 0 Å². The summed E-state index contributed by atoms with van der Waals surface area (Å²) in [5.41, 5.74) is 3.04. The molecule has 0 saturated heterocycles. The normalized spacial score (nSPS) is 12.7. The fraction of sp³-hybridized carbons (Fsp3) is 0.158. The van der Waals surface area contributed by atoms with E-state index in [1.165, 1.54) is 6.07 Å². The van der Waals surface area contributed by atoms with Crippen LogP contribution in [-0.4, -0.2) is 24.3 Å². The Hall–Kier alpha value is -2.99. The van der Waals surface area contributed by atoms with Gasteiger partial charge in [-0.25, -0.2) is 0 Å². The number of fused-ring (bicyclic) bond motifs is 1. The quantitative estimate of drug-likeness (QED) is 0.743. The molecule has 0 bridgehead atoms. The lowest BCUT2D eigenvalue weighted by atomic mass is 10.1. The highest BCUT2D eigenvalue weighted by Gasteiger charge is 2.20. The van der Waals surface area contributed by atoms with Crippen molar-refractivity contribution in [1.29, 1.82) is 0 Å². The molecular weight excluding hydrogens is 356 g/mol. The lowest BCUT2D eigenvalue weighted by Crippen LogP contribution is -2.17. The number of aromatic nitrogens is 1. The molecule has 6 nitrogen and oxygen atoms in total. The summed E-state index contributed by atoms with van der Waals surface area (Å²) in [5.74, 6) is 0.773. The largest absolute Gasteiger partial charge is 0.486 e. The molecule has 4 rings (SSSR count). The van der Waals surface area contributed by atoms with Gasteiger partial charge in [0, 0.05) is 17.2 Å². The Morgan fingerprint density at radius 3 is 2.69 bits per heavy atom. The Labute approximate surface area is 154 Å². The average molecular weight is 371 g/mol. The van der Waals surface area contributed by atoms with Crippen molar-refractivity contribution in [2.75, 3.05) is 18.5 Å². The van der Waals surface area contributed by atoms with Crippen LogP contribution in [0.1, 0.15) is 15.9 Å². The van der Waals surface area contributed by atoms with E-state index in [1.807, 2.05) is 31.2 Å². The van der Waals surface area contributed by atoms with Crippen LogP contribution in [0.5, 0.6) is 11.5 Å². The van der Waals surface area contributed by atoms with Crippen molar-refractivity contribution in [2.24, 2.45) is 0 Å². The van der Waals surface area contributed by atoms with E-state index in [9.17, 15) is 4.79 Å². The highest BCUT2D eigenvalue weighted by atomic mass is 35.5. The van der Waals surface area contributed by atoms with Gasteiger partial charge in [-0.2, -0.15) is 0 Å². The van der Waals surface area contributed by atoms with E-state index in [4.69, 9.17) is 25.6 Å². The van der Waals surface area contributed by atoms with Gasteiger partial charge in [0.25, 0.3) is 5.91 Å². The standard InChI is InChI=1S/C19H15ClN2O4/c1-11-2-4-12(5-3-11)15-10-17(26-22-15)21-19(23)13-8-14(20)18-16(9-13)24-6-7-25-18/h2-5,8-10H,6-7H2,1H3,(H,21,23). The van der Waals surface area contributed by atoms with Crippen molar-refractivity contribution < 1.29 is 18.8 Å². The second kappa shape index (κ2) is 6.72. The van der Waals surface area contributed by atoms with E-state index in [-0.39, 0.29) is 11.8 Å². The summed E-state index contributed by atoms with van der Waals surface area (Å²) in [6.07, 6.45) is 0. The molecule has 0 fully saturated rings. The van der Waals surface area contributed by atoms with Gasteiger partial charge in [-0.05, 0) is 19.1 Å². The summed E-state index contributed by atoms with van der Waals surface area (Å²) in [5, 5.41) is 6.99. The summed E-state index contributed by atoms with van der Waals surface area (Å²) in [7, 11) is 0. The zero-order valence-corrected chi connectivity index (χ0v) is 14.7. The third-order valence-corrected chi connectivity index (χ3v) is 4.23. The lowest BCUT2D eigenvalue weighted by Gasteiger charge is -2.20. The van der Waals surface area contributed by atoms with Gasteiger partial charge >= 0.3 is 0 Å². The van der Waals surface area contributed by atoms with Crippen molar-refractivity contribution in [3.8, 4) is 22.8 Å². The maximum Gasteiger partial charge on any atom is 0.258 e. The number of anilines is 1. The minimum atomic E-state index is -0.379. The van der Waals surface area contributed by atoms with Gasteiger partial charge < -0.3 is 14.0 Å². The number of ether oxygens (including phenoxy) is 2. The molecule has 1 amide bonds. The summed E-state index contributed by atoms with van der Waals surface area (Å²) >= 11 is 6.17. The fourth-order valence-corrected chi connectivity index (χ4v) is 2.89. The second-order valence-electron chi connectivity index (χ2n) is 5.88. The van der Waals surface area contributed by atoms with Crippen LogP contribution in [0.3, 0.4) is 0 Å². The third kappa shape index (κ3) is 3.23. The molecule has 0 spiro atoms. The van der Waals surface area contributed by atoms with Gasteiger partial charge in [-0.1, -0.05) is 46.6 Å². The Morgan fingerprint density at radius 1 is 1.12 bits per heavy atom. The molecule has 132 valence electrons. The summed E-state index contributed by atoms with van der Waals surface area (Å²) in [6.45, 7) is 2.85. The predicted molar refractivity (Wildman–Crippen MR) is 97.1 cm³/mol. The van der Waals surface area contributed by atoms with E-state index in [0.717, 1.165) is 11.1 Å². The molecule has 0 atom stereocenters.